The third-order valence-corrected chi connectivity index (χ3v) is 4.18. The van der Waals surface area contributed by atoms with Crippen LogP contribution in [0.25, 0.3) is 0 Å². The van der Waals surface area contributed by atoms with Gasteiger partial charge in [0.25, 0.3) is 0 Å². The first-order chi connectivity index (χ1) is 10.5. The zero-order valence-electron chi connectivity index (χ0n) is 12.4. The van der Waals surface area contributed by atoms with Crippen molar-refractivity contribution in [1.82, 2.24) is 0 Å². The largest absolute Gasteiger partial charge is 0.468 e. The van der Waals surface area contributed by atoms with Crippen molar-refractivity contribution in [3.8, 4) is 0 Å². The summed E-state index contributed by atoms with van der Waals surface area (Å²) in [4.78, 5) is 24.8. The normalized spacial score (nSPS) is 22.9. The molecule has 0 N–H and O–H groups in total. The molecule has 0 amide bonds. The van der Waals surface area contributed by atoms with Crippen LogP contribution < -0.4 is 0 Å². The van der Waals surface area contributed by atoms with Crippen LogP contribution in [-0.2, 0) is 23.8 Å². The number of benzene rings is 1. The van der Waals surface area contributed by atoms with E-state index in [1.54, 1.807) is 24.3 Å². The predicted octanol–water partition coefficient (Wildman–Crippen LogP) is 2.69. The highest BCUT2D eigenvalue weighted by Crippen LogP contribution is 2.51. The van der Waals surface area contributed by atoms with Crippen LogP contribution in [0, 0.1) is 5.41 Å². The maximum Gasteiger partial charge on any atom is 0.326 e. The van der Waals surface area contributed by atoms with Gasteiger partial charge in [-0.15, -0.1) is 6.58 Å². The van der Waals surface area contributed by atoms with Crippen LogP contribution >= 0.6 is 11.6 Å². The molecule has 0 unspecified atom stereocenters. The molecule has 2 atom stereocenters. The van der Waals surface area contributed by atoms with Gasteiger partial charge in [0.2, 0.25) is 0 Å². The van der Waals surface area contributed by atoms with E-state index in [9.17, 15) is 9.59 Å². The third kappa shape index (κ3) is 2.51. The summed E-state index contributed by atoms with van der Waals surface area (Å²) in [7, 11) is 2.44. The molecule has 1 saturated heterocycles. The Morgan fingerprint density at radius 1 is 1.32 bits per heavy atom. The molecule has 1 aliphatic rings. The number of methoxy groups -OCH3 is 2. The van der Waals surface area contributed by atoms with Gasteiger partial charge in [-0.25, -0.2) is 0 Å². The SMILES string of the molecule is C=C[C@H]1CC(C(=O)OC)(C(=O)OC)[C@@H](c2ccccc2Cl)O1. The molecule has 1 aromatic carbocycles. The smallest absolute Gasteiger partial charge is 0.326 e. The Kier molecular flexibility index (Phi) is 4.88. The van der Waals surface area contributed by atoms with E-state index in [-0.39, 0.29) is 6.42 Å². The zero-order valence-corrected chi connectivity index (χ0v) is 13.1. The van der Waals surface area contributed by atoms with Gasteiger partial charge in [0.05, 0.1) is 20.3 Å². The monoisotopic (exact) mass is 324 g/mol. The van der Waals surface area contributed by atoms with Crippen molar-refractivity contribution in [2.24, 2.45) is 5.41 Å². The van der Waals surface area contributed by atoms with Crippen LogP contribution in [0.15, 0.2) is 36.9 Å². The fourth-order valence-corrected chi connectivity index (χ4v) is 2.99. The van der Waals surface area contributed by atoms with E-state index in [4.69, 9.17) is 25.8 Å². The van der Waals surface area contributed by atoms with E-state index in [1.165, 1.54) is 20.3 Å². The lowest BCUT2D eigenvalue weighted by Gasteiger charge is -2.28. The summed E-state index contributed by atoms with van der Waals surface area (Å²) in [6.45, 7) is 3.67. The highest BCUT2D eigenvalue weighted by atomic mass is 35.5. The van der Waals surface area contributed by atoms with Crippen LogP contribution in [0.3, 0.4) is 0 Å². The topological polar surface area (TPSA) is 61.8 Å². The number of hydrogen-bond donors (Lipinski definition) is 0. The predicted molar refractivity (Wildman–Crippen MR) is 80.3 cm³/mol. The average Bonchev–Trinajstić information content (AvgIpc) is 2.94. The Labute approximate surface area is 133 Å². The standard InChI is InChI=1S/C16H17ClO5/c1-4-10-9-16(14(18)20-2,15(19)21-3)13(22-10)11-7-5-6-8-12(11)17/h4-8,10,13H,1,9H2,2-3H3/t10-,13+/m0/s1. The van der Waals surface area contributed by atoms with Crippen molar-refractivity contribution in [1.29, 1.82) is 0 Å². The Morgan fingerprint density at radius 3 is 2.41 bits per heavy atom. The Bertz CT molecular complexity index is 582. The van der Waals surface area contributed by atoms with Gasteiger partial charge in [-0.1, -0.05) is 35.9 Å². The maximum atomic E-state index is 12.4. The molecule has 0 spiro atoms. The van der Waals surface area contributed by atoms with Gasteiger partial charge >= 0.3 is 11.9 Å². The van der Waals surface area contributed by atoms with Gasteiger partial charge < -0.3 is 14.2 Å². The lowest BCUT2D eigenvalue weighted by Crippen LogP contribution is -2.43. The molecule has 0 radical (unpaired) electrons. The van der Waals surface area contributed by atoms with Gasteiger partial charge in [0.15, 0.2) is 5.41 Å². The minimum atomic E-state index is -1.60. The number of halogens is 1. The Hall–Kier alpha value is -1.85. The van der Waals surface area contributed by atoms with Crippen LogP contribution in [-0.4, -0.2) is 32.3 Å². The first-order valence-electron chi connectivity index (χ1n) is 6.70. The molecule has 0 aromatic heterocycles. The first-order valence-corrected chi connectivity index (χ1v) is 7.08. The second kappa shape index (κ2) is 6.50. The van der Waals surface area contributed by atoms with Gasteiger partial charge in [-0.3, -0.25) is 9.59 Å². The lowest BCUT2D eigenvalue weighted by molar-refractivity contribution is -0.173. The number of carbonyl (C=O) groups excluding carboxylic acids is 2. The van der Waals surface area contributed by atoms with E-state index in [2.05, 4.69) is 6.58 Å². The van der Waals surface area contributed by atoms with E-state index < -0.39 is 29.6 Å². The minimum Gasteiger partial charge on any atom is -0.468 e. The number of ether oxygens (including phenoxy) is 3. The summed E-state index contributed by atoms with van der Waals surface area (Å²) in [6.07, 6.45) is 0.243. The molecule has 118 valence electrons. The molecule has 1 aromatic rings. The quantitative estimate of drug-likeness (QED) is 0.484. The van der Waals surface area contributed by atoms with Crippen molar-refractivity contribution >= 4 is 23.5 Å². The second-order valence-electron chi connectivity index (χ2n) is 4.97. The maximum absolute atomic E-state index is 12.4. The molecule has 1 heterocycles. The minimum absolute atomic E-state index is 0.0890. The molecule has 2 rings (SSSR count). The molecule has 1 fully saturated rings. The summed E-state index contributed by atoms with van der Waals surface area (Å²) in [5, 5.41) is 0.398. The molecule has 1 aliphatic heterocycles. The fraction of sp³-hybridized carbons (Fsp3) is 0.375. The number of hydrogen-bond acceptors (Lipinski definition) is 5. The van der Waals surface area contributed by atoms with Gasteiger partial charge in [-0.05, 0) is 6.07 Å². The number of carbonyl (C=O) groups is 2. The average molecular weight is 325 g/mol. The van der Waals surface area contributed by atoms with Gasteiger partial charge in [0.1, 0.15) is 6.10 Å². The van der Waals surface area contributed by atoms with Gasteiger partial charge in [0, 0.05) is 17.0 Å². The van der Waals surface area contributed by atoms with Crippen molar-refractivity contribution < 1.29 is 23.8 Å². The van der Waals surface area contributed by atoms with Crippen molar-refractivity contribution in [3.63, 3.8) is 0 Å². The third-order valence-electron chi connectivity index (χ3n) is 3.83. The highest BCUT2D eigenvalue weighted by Gasteiger charge is 2.61. The molecule has 0 saturated carbocycles. The van der Waals surface area contributed by atoms with E-state index in [1.807, 2.05) is 0 Å². The van der Waals surface area contributed by atoms with Crippen molar-refractivity contribution in [2.45, 2.75) is 18.6 Å². The molecule has 5 nitrogen and oxygen atoms in total. The molecule has 0 bridgehead atoms. The van der Waals surface area contributed by atoms with Crippen LogP contribution in [0.1, 0.15) is 18.1 Å². The first kappa shape index (κ1) is 16.5. The fourth-order valence-electron chi connectivity index (χ4n) is 2.76. The van der Waals surface area contributed by atoms with Gasteiger partial charge in [-0.2, -0.15) is 0 Å². The summed E-state index contributed by atoms with van der Waals surface area (Å²) in [5.41, 5.74) is -1.07. The van der Waals surface area contributed by atoms with Crippen molar-refractivity contribution in [2.75, 3.05) is 14.2 Å². The van der Waals surface area contributed by atoms with Crippen LogP contribution in [0.4, 0.5) is 0 Å². The van der Waals surface area contributed by atoms with Crippen molar-refractivity contribution in [3.05, 3.63) is 47.5 Å². The van der Waals surface area contributed by atoms with E-state index in [0.717, 1.165) is 0 Å². The molecular weight excluding hydrogens is 308 g/mol. The molecular formula is C16H17ClO5. The summed E-state index contributed by atoms with van der Waals surface area (Å²) in [5.74, 6) is -1.43. The number of rotatable bonds is 4. The zero-order chi connectivity index (χ0) is 16.3. The number of esters is 2. The molecule has 0 aliphatic carbocycles. The lowest BCUT2D eigenvalue weighted by atomic mass is 9.77. The second-order valence-corrected chi connectivity index (χ2v) is 5.38. The Morgan fingerprint density at radius 2 is 1.91 bits per heavy atom. The summed E-state index contributed by atoms with van der Waals surface area (Å²) >= 11 is 6.21. The highest BCUT2D eigenvalue weighted by molar-refractivity contribution is 6.31. The van der Waals surface area contributed by atoms with E-state index >= 15 is 0 Å². The van der Waals surface area contributed by atoms with Crippen LogP contribution in [0.5, 0.6) is 0 Å². The van der Waals surface area contributed by atoms with E-state index in [0.29, 0.717) is 10.6 Å². The summed E-state index contributed by atoms with van der Waals surface area (Å²) in [6, 6.07) is 6.88. The molecule has 6 heteroatoms. The van der Waals surface area contributed by atoms with Crippen LogP contribution in [0.2, 0.25) is 5.02 Å². The molecule has 22 heavy (non-hydrogen) atoms. The summed E-state index contributed by atoms with van der Waals surface area (Å²) < 4.78 is 15.5. The Balaban J connectivity index is 2.61.